The van der Waals surface area contributed by atoms with E-state index in [1.165, 1.54) is 0 Å². The monoisotopic (exact) mass is 997 g/mol. The van der Waals surface area contributed by atoms with Crippen molar-refractivity contribution in [2.24, 2.45) is 39.9 Å². The molecule has 8 N–H and O–H groups in total. The Balaban J connectivity index is 0.736. The molecule has 4 amide bonds. The number of aliphatic hydroxyl groups excluding tert-OH is 2. The van der Waals surface area contributed by atoms with Gasteiger partial charge in [0.25, 0.3) is 0 Å². The van der Waals surface area contributed by atoms with Gasteiger partial charge < -0.3 is 55.1 Å². The highest BCUT2D eigenvalue weighted by Gasteiger charge is 2.76. The first-order valence-corrected chi connectivity index (χ1v) is 24.6. The van der Waals surface area contributed by atoms with E-state index >= 15 is 0 Å². The van der Waals surface area contributed by atoms with Gasteiger partial charge in [-0.25, -0.2) is 10.7 Å². The highest BCUT2D eigenvalue weighted by molar-refractivity contribution is 6.01. The normalized spacial score (nSPS) is 32.0. The minimum Gasteiger partial charge on any atom is -0.481 e. The van der Waals surface area contributed by atoms with Crippen LogP contribution in [0, 0.1) is 34.0 Å². The Kier molecular flexibility index (Phi) is 14.3. The number of nitrogens with two attached hydrogens (primary N) is 1. The molecule has 3 saturated carbocycles. The zero-order valence-corrected chi connectivity index (χ0v) is 40.3. The Morgan fingerprint density at radius 1 is 0.986 bits per heavy atom. The zero-order valence-electron chi connectivity index (χ0n) is 40.3. The van der Waals surface area contributed by atoms with Crippen molar-refractivity contribution in [2.75, 3.05) is 44.8 Å². The molecule has 2 aromatic carbocycles. The molecule has 20 heteroatoms. The number of rotatable bonds is 17. The number of carboxylic acids is 1. The van der Waals surface area contributed by atoms with E-state index in [9.17, 15) is 43.8 Å². The summed E-state index contributed by atoms with van der Waals surface area (Å²) in [5, 5.41) is 38.8. The molecule has 6 fully saturated rings. The first-order valence-electron chi connectivity index (χ1n) is 24.6. The van der Waals surface area contributed by atoms with Crippen molar-refractivity contribution in [1.82, 2.24) is 15.5 Å². The van der Waals surface area contributed by atoms with E-state index in [0.29, 0.717) is 50.2 Å². The van der Waals surface area contributed by atoms with Crippen LogP contribution in [0.15, 0.2) is 72.3 Å². The SMILES string of the molecule is C[C@]12C=CC(=O)C=C1CC[C@@H]1[C@@H]2[C@@H](O)C[C@@]2(C)[C@H]1C[C@H]1O[C@@H](c3ccc(CC4CC5(CO4)CN(C(=O)OCc4ccc(NC(=O)[C@H](CCC(=O)O)NC(=O)CNC(=O)CON)cc4)C5)cc3)O[C@]12C(=O)CO. The highest BCUT2D eigenvalue weighted by atomic mass is 16.7. The van der Waals surface area contributed by atoms with Crippen molar-refractivity contribution in [1.29, 1.82) is 0 Å². The lowest BCUT2D eigenvalue weighted by molar-refractivity contribution is -0.201. The lowest BCUT2D eigenvalue weighted by atomic mass is 9.46. The molecule has 1 spiro atoms. The van der Waals surface area contributed by atoms with Crippen molar-refractivity contribution in [3.63, 3.8) is 0 Å². The lowest BCUT2D eigenvalue weighted by Gasteiger charge is -2.59. The number of carboxylic acid groups (broad SMARTS) is 1. The highest BCUT2D eigenvalue weighted by Crippen LogP contribution is 2.70. The molecule has 386 valence electrons. The average Bonchev–Trinajstić information content (AvgIpc) is 4.02. The molecule has 4 aliphatic carbocycles. The number of nitrogens with one attached hydrogen (secondary N) is 3. The molecule has 9 rings (SSSR count). The largest absolute Gasteiger partial charge is 0.481 e. The molecular weight excluding hydrogens is 935 g/mol. The fraction of sp³-hybridized carbons (Fsp3) is 0.558. The van der Waals surface area contributed by atoms with Crippen LogP contribution < -0.4 is 21.8 Å². The van der Waals surface area contributed by atoms with E-state index < -0.39 is 103 Å². The molecule has 3 heterocycles. The van der Waals surface area contributed by atoms with Crippen LogP contribution in [-0.4, -0.2) is 131 Å². The van der Waals surface area contributed by atoms with Crippen LogP contribution in [0.2, 0.25) is 0 Å². The van der Waals surface area contributed by atoms with Crippen LogP contribution in [0.1, 0.15) is 81.8 Å². The molecule has 1 unspecified atom stereocenters. The third-order valence-electron chi connectivity index (χ3n) is 16.6. The van der Waals surface area contributed by atoms with Gasteiger partial charge >= 0.3 is 12.1 Å². The van der Waals surface area contributed by atoms with Gasteiger partial charge in [-0.2, -0.15) is 0 Å². The molecule has 20 nitrogen and oxygen atoms in total. The van der Waals surface area contributed by atoms with Crippen molar-refractivity contribution in [3.8, 4) is 0 Å². The van der Waals surface area contributed by atoms with Crippen LogP contribution in [0.3, 0.4) is 0 Å². The number of fused-ring (bicyclic) bond motifs is 7. The number of aliphatic hydroxyl groups is 2. The number of carbonyl (C=O) groups is 7. The van der Waals surface area contributed by atoms with Gasteiger partial charge in [-0.3, -0.25) is 33.6 Å². The molecule has 72 heavy (non-hydrogen) atoms. The molecule has 0 aromatic heterocycles. The van der Waals surface area contributed by atoms with Gasteiger partial charge in [0.05, 0.1) is 31.5 Å². The number of allylic oxidation sites excluding steroid dienone is 4. The molecular formula is C52H63N5O15. The Hall–Kier alpha value is -5.87. The maximum atomic E-state index is 14.0. The standard InChI is InChI=1S/C52H63N5O15/c1-49-16-15-34(59)18-32(49)9-12-36-37-19-41-52(40(61)23-58,50(37,2)21-39(60)45(36)49)72-47(71-41)31-7-3-29(4-8-31)17-35-20-51(28-69-35)26-57(27-51)48(67)68-24-30-5-10-33(11-6-30)55-46(66)38(13-14-44(64)65)56-42(62)22-54-43(63)25-70-53/h3-8,10-11,15-16,18,35-39,41,45,47,58,60H,9,12-14,17,19-28,53H2,1-2H3,(H,54,63)(H,55,66)(H,56,62)(H,64,65)/t35?,36-,37-,38-,39-,41+,45+,47+,49-,50-,52+/m0/s1. The van der Waals surface area contributed by atoms with Crippen molar-refractivity contribution < 1.29 is 72.7 Å². The number of hydrogen-bond donors (Lipinski definition) is 7. The summed E-state index contributed by atoms with van der Waals surface area (Å²) < 4.78 is 25.3. The minimum atomic E-state index is -1.44. The molecule has 3 aliphatic heterocycles. The van der Waals surface area contributed by atoms with Gasteiger partial charge in [-0.15, -0.1) is 0 Å². The summed E-state index contributed by atoms with van der Waals surface area (Å²) in [6.45, 7) is 3.93. The molecule has 2 aromatic rings. The second kappa shape index (κ2) is 20.2. The topological polar surface area (TPSA) is 292 Å². The molecule has 0 radical (unpaired) electrons. The van der Waals surface area contributed by atoms with Crippen molar-refractivity contribution >= 4 is 47.0 Å². The number of carbonyl (C=O) groups excluding carboxylic acids is 6. The maximum Gasteiger partial charge on any atom is 0.410 e. The van der Waals surface area contributed by atoms with Crippen molar-refractivity contribution in [2.45, 2.75) is 108 Å². The fourth-order valence-electron chi connectivity index (χ4n) is 13.3. The van der Waals surface area contributed by atoms with Crippen LogP contribution in [0.5, 0.6) is 0 Å². The quantitative estimate of drug-likeness (QED) is 0.112. The summed E-state index contributed by atoms with van der Waals surface area (Å²) in [5.41, 5.74) is 0.956. The van der Waals surface area contributed by atoms with Gasteiger partial charge in [-0.1, -0.05) is 61.9 Å². The number of likely N-dealkylation sites (tertiary alicyclic amines) is 1. The van der Waals surface area contributed by atoms with E-state index in [4.69, 9.17) is 30.0 Å². The van der Waals surface area contributed by atoms with Gasteiger partial charge in [0.2, 0.25) is 17.7 Å². The number of ether oxygens (including phenoxy) is 4. The lowest BCUT2D eigenvalue weighted by Crippen LogP contribution is -2.63. The molecule has 0 bridgehead atoms. The van der Waals surface area contributed by atoms with Crippen LogP contribution in [-0.2, 0) is 65.6 Å². The third kappa shape index (κ3) is 9.60. The van der Waals surface area contributed by atoms with Gasteiger partial charge in [-0.05, 0) is 92.2 Å². The van der Waals surface area contributed by atoms with Gasteiger partial charge in [0.1, 0.15) is 25.9 Å². The van der Waals surface area contributed by atoms with Crippen LogP contribution in [0.25, 0.3) is 0 Å². The maximum absolute atomic E-state index is 14.0. The number of nitrogens with zero attached hydrogens (tertiary/aromatic N) is 1. The number of aliphatic carboxylic acids is 1. The summed E-state index contributed by atoms with van der Waals surface area (Å²) in [6, 6.07) is 13.1. The summed E-state index contributed by atoms with van der Waals surface area (Å²) in [5.74, 6) is 1.11. The number of hydrogen-bond acceptors (Lipinski definition) is 15. The van der Waals surface area contributed by atoms with Gasteiger partial charge in [0, 0.05) is 52.9 Å². The number of anilines is 1. The van der Waals surface area contributed by atoms with Gasteiger partial charge in [0.15, 0.2) is 23.5 Å². The second-order valence-electron chi connectivity index (χ2n) is 21.2. The summed E-state index contributed by atoms with van der Waals surface area (Å²) in [6.07, 6.45) is 5.72. The fourth-order valence-corrected chi connectivity index (χ4v) is 13.3. The summed E-state index contributed by atoms with van der Waals surface area (Å²) >= 11 is 0. The van der Waals surface area contributed by atoms with E-state index in [2.05, 4.69) is 27.7 Å². The van der Waals surface area contributed by atoms with E-state index in [-0.39, 0.29) is 48.1 Å². The minimum absolute atomic E-state index is 0.00329. The van der Waals surface area contributed by atoms with E-state index in [1.54, 1.807) is 41.3 Å². The third-order valence-corrected chi connectivity index (χ3v) is 16.6. The van der Waals surface area contributed by atoms with Crippen LogP contribution in [0.4, 0.5) is 10.5 Å². The Bertz CT molecular complexity index is 2530. The van der Waals surface area contributed by atoms with E-state index in [0.717, 1.165) is 36.0 Å². The second-order valence-corrected chi connectivity index (χ2v) is 21.2. The van der Waals surface area contributed by atoms with E-state index in [1.807, 2.05) is 37.3 Å². The number of Topliss-reactive ketones (excluding diaryl/α,β-unsaturated/α-hetero) is 1. The Morgan fingerprint density at radius 3 is 2.43 bits per heavy atom. The molecule has 7 aliphatic rings. The number of benzene rings is 2. The smallest absolute Gasteiger partial charge is 0.410 e. The van der Waals surface area contributed by atoms with Crippen LogP contribution >= 0.6 is 0 Å². The molecule has 3 saturated heterocycles. The molecule has 11 atom stereocenters. The zero-order chi connectivity index (χ0) is 51.2. The number of amides is 4. The first-order chi connectivity index (χ1) is 34.4. The Labute approximate surface area is 415 Å². The summed E-state index contributed by atoms with van der Waals surface area (Å²) in [7, 11) is 0. The summed E-state index contributed by atoms with van der Waals surface area (Å²) in [4.78, 5) is 93.2. The van der Waals surface area contributed by atoms with Crippen molar-refractivity contribution in [3.05, 3.63) is 89.0 Å². The number of ketones is 2. The average molecular weight is 998 g/mol. The first kappa shape index (κ1) is 51.0. The predicted octanol–water partition coefficient (Wildman–Crippen LogP) is 2.55. The predicted molar refractivity (Wildman–Crippen MR) is 253 cm³/mol. The Morgan fingerprint density at radius 2 is 1.72 bits per heavy atom.